The lowest BCUT2D eigenvalue weighted by Gasteiger charge is -2.56. The van der Waals surface area contributed by atoms with Crippen LogP contribution in [0.2, 0.25) is 0 Å². The molecule has 5 saturated carbocycles. The van der Waals surface area contributed by atoms with Crippen molar-refractivity contribution in [3.63, 3.8) is 0 Å². The normalized spacial score (nSPS) is 49.6. The molecule has 0 radical (unpaired) electrons. The molecule has 0 aliphatic heterocycles. The summed E-state index contributed by atoms with van der Waals surface area (Å²) in [6, 6.07) is 0.898. The van der Waals surface area contributed by atoms with E-state index in [0.717, 1.165) is 41.5 Å². The van der Waals surface area contributed by atoms with E-state index in [9.17, 15) is 0 Å². The highest BCUT2D eigenvalue weighted by atomic mass is 14.9. The monoisotopic (exact) mass is 233 g/mol. The molecule has 17 heavy (non-hydrogen) atoms. The van der Waals surface area contributed by atoms with Gasteiger partial charge in [-0.25, -0.2) is 0 Å². The molecule has 5 aliphatic rings. The minimum Gasteiger partial charge on any atom is -0.314 e. The first-order valence-corrected chi connectivity index (χ1v) is 8.08. The van der Waals surface area contributed by atoms with Crippen LogP contribution in [0.15, 0.2) is 0 Å². The van der Waals surface area contributed by atoms with Crippen molar-refractivity contribution in [3.8, 4) is 0 Å². The Kier molecular flexibility index (Phi) is 2.54. The molecule has 1 unspecified atom stereocenters. The maximum atomic E-state index is 3.87. The van der Waals surface area contributed by atoms with Crippen molar-refractivity contribution in [1.29, 1.82) is 0 Å². The molecule has 96 valence electrons. The highest BCUT2D eigenvalue weighted by molar-refractivity contribution is 5.04. The zero-order valence-electron chi connectivity index (χ0n) is 11.2. The van der Waals surface area contributed by atoms with E-state index in [4.69, 9.17) is 0 Å². The first-order chi connectivity index (χ1) is 8.35. The smallest absolute Gasteiger partial charge is 0.0129 e. The molecule has 1 atom stereocenters. The minimum absolute atomic E-state index is 0.898. The zero-order chi connectivity index (χ0) is 11.4. The van der Waals surface area contributed by atoms with E-state index in [1.165, 1.54) is 19.4 Å². The Balaban J connectivity index is 1.56. The van der Waals surface area contributed by atoms with Gasteiger partial charge in [0, 0.05) is 6.04 Å². The van der Waals surface area contributed by atoms with Crippen LogP contribution < -0.4 is 5.32 Å². The van der Waals surface area contributed by atoms with E-state index in [2.05, 4.69) is 12.2 Å². The van der Waals surface area contributed by atoms with Crippen molar-refractivity contribution in [2.24, 2.45) is 35.5 Å². The van der Waals surface area contributed by atoms with Gasteiger partial charge in [-0.15, -0.1) is 0 Å². The Morgan fingerprint density at radius 3 is 2.00 bits per heavy atom. The van der Waals surface area contributed by atoms with Crippen LogP contribution in [0.25, 0.3) is 0 Å². The minimum atomic E-state index is 0.898. The molecule has 0 heterocycles. The maximum absolute atomic E-state index is 3.87. The summed E-state index contributed by atoms with van der Waals surface area (Å²) in [5.41, 5.74) is 0. The van der Waals surface area contributed by atoms with Crippen LogP contribution in [0.5, 0.6) is 0 Å². The average molecular weight is 233 g/mol. The van der Waals surface area contributed by atoms with Crippen LogP contribution >= 0.6 is 0 Å². The van der Waals surface area contributed by atoms with Gasteiger partial charge in [0.1, 0.15) is 0 Å². The summed E-state index contributed by atoms with van der Waals surface area (Å²) >= 11 is 0. The van der Waals surface area contributed by atoms with Gasteiger partial charge in [0.05, 0.1) is 0 Å². The summed E-state index contributed by atoms with van der Waals surface area (Å²) in [5.74, 6) is 6.60. The largest absolute Gasteiger partial charge is 0.314 e. The van der Waals surface area contributed by atoms with Gasteiger partial charge >= 0.3 is 0 Å². The quantitative estimate of drug-likeness (QED) is 0.784. The summed E-state index contributed by atoms with van der Waals surface area (Å²) in [6.07, 6.45) is 11.0. The van der Waals surface area contributed by atoms with Crippen LogP contribution in [0, 0.1) is 35.5 Å². The van der Waals surface area contributed by atoms with Gasteiger partial charge in [0.2, 0.25) is 0 Å². The van der Waals surface area contributed by atoms with Crippen LogP contribution in [-0.4, -0.2) is 12.6 Å². The number of rotatable bonds is 4. The van der Waals surface area contributed by atoms with Gasteiger partial charge in [-0.05, 0) is 87.0 Å². The molecule has 1 heteroatoms. The summed E-state index contributed by atoms with van der Waals surface area (Å²) in [4.78, 5) is 0. The van der Waals surface area contributed by atoms with Crippen molar-refractivity contribution >= 4 is 0 Å². The topological polar surface area (TPSA) is 12.0 Å². The molecule has 1 nitrogen and oxygen atoms in total. The second-order valence-corrected chi connectivity index (χ2v) is 7.43. The van der Waals surface area contributed by atoms with Crippen LogP contribution in [0.4, 0.5) is 0 Å². The molecular formula is C16H27N. The lowest BCUT2D eigenvalue weighted by atomic mass is 9.50. The maximum Gasteiger partial charge on any atom is 0.0129 e. The molecule has 5 rings (SSSR count). The van der Waals surface area contributed by atoms with E-state index < -0.39 is 0 Å². The SMILES string of the molecule is CCNC(C1CC1)C1C2CC3CC(C2)CC1C3. The van der Waals surface area contributed by atoms with E-state index in [1.54, 1.807) is 32.1 Å². The number of nitrogens with one attached hydrogen (secondary N) is 1. The summed E-state index contributed by atoms with van der Waals surface area (Å²) in [5, 5.41) is 3.87. The molecule has 1 N–H and O–H groups in total. The second kappa shape index (κ2) is 3.98. The van der Waals surface area contributed by atoms with E-state index in [0.29, 0.717) is 0 Å². The Labute approximate surface area is 106 Å². The van der Waals surface area contributed by atoms with Crippen molar-refractivity contribution in [2.45, 2.75) is 57.9 Å². The molecular weight excluding hydrogens is 206 g/mol. The highest BCUT2D eigenvalue weighted by Gasteiger charge is 2.52. The molecule has 0 aromatic heterocycles. The molecule has 0 aromatic carbocycles. The van der Waals surface area contributed by atoms with Gasteiger partial charge in [0.25, 0.3) is 0 Å². The van der Waals surface area contributed by atoms with Crippen molar-refractivity contribution < 1.29 is 0 Å². The first kappa shape index (κ1) is 10.8. The Bertz CT molecular complexity index is 266. The van der Waals surface area contributed by atoms with Gasteiger partial charge in [-0.2, -0.15) is 0 Å². The zero-order valence-corrected chi connectivity index (χ0v) is 11.2. The fourth-order valence-corrected chi connectivity index (χ4v) is 5.86. The predicted molar refractivity (Wildman–Crippen MR) is 70.7 cm³/mol. The van der Waals surface area contributed by atoms with Crippen LogP contribution in [0.1, 0.15) is 51.9 Å². The van der Waals surface area contributed by atoms with Crippen LogP contribution in [0.3, 0.4) is 0 Å². The molecule has 0 saturated heterocycles. The highest BCUT2D eigenvalue weighted by Crippen LogP contribution is 2.59. The molecule has 5 fully saturated rings. The van der Waals surface area contributed by atoms with E-state index >= 15 is 0 Å². The summed E-state index contributed by atoms with van der Waals surface area (Å²) in [7, 11) is 0. The lowest BCUT2D eigenvalue weighted by molar-refractivity contribution is -0.0547. The van der Waals surface area contributed by atoms with Gasteiger partial charge in [0.15, 0.2) is 0 Å². The standard InChI is InChI=1S/C16H27N/c1-2-17-16(12-3-4-12)15-13-6-10-5-11(8-13)9-14(15)7-10/h10-17H,2-9H2,1H3. The molecule has 0 spiro atoms. The van der Waals surface area contributed by atoms with Gasteiger partial charge in [-0.1, -0.05) is 6.92 Å². The molecule has 4 bridgehead atoms. The van der Waals surface area contributed by atoms with E-state index in [-0.39, 0.29) is 0 Å². The Morgan fingerprint density at radius 1 is 0.941 bits per heavy atom. The van der Waals surface area contributed by atoms with Crippen molar-refractivity contribution in [3.05, 3.63) is 0 Å². The van der Waals surface area contributed by atoms with Crippen molar-refractivity contribution in [2.75, 3.05) is 6.54 Å². The van der Waals surface area contributed by atoms with E-state index in [1.807, 2.05) is 0 Å². The third kappa shape index (κ3) is 1.77. The predicted octanol–water partition coefficient (Wildman–Crippen LogP) is 3.45. The third-order valence-electron chi connectivity index (χ3n) is 6.28. The second-order valence-electron chi connectivity index (χ2n) is 7.43. The fraction of sp³-hybridized carbons (Fsp3) is 1.00. The molecule has 0 amide bonds. The van der Waals surface area contributed by atoms with Gasteiger partial charge < -0.3 is 5.32 Å². The fourth-order valence-electron chi connectivity index (χ4n) is 5.86. The van der Waals surface area contributed by atoms with Crippen molar-refractivity contribution in [1.82, 2.24) is 5.32 Å². The lowest BCUT2D eigenvalue weighted by Crippen LogP contribution is -2.53. The summed E-state index contributed by atoms with van der Waals surface area (Å²) in [6.45, 7) is 3.48. The third-order valence-corrected chi connectivity index (χ3v) is 6.28. The Hall–Kier alpha value is -0.0400. The summed E-state index contributed by atoms with van der Waals surface area (Å²) < 4.78 is 0. The average Bonchev–Trinajstić information content (AvgIpc) is 3.10. The number of hydrogen-bond donors (Lipinski definition) is 1. The molecule has 5 aliphatic carbocycles. The van der Waals surface area contributed by atoms with Crippen LogP contribution in [-0.2, 0) is 0 Å². The number of hydrogen-bond acceptors (Lipinski definition) is 1. The molecule has 0 aromatic rings. The first-order valence-electron chi connectivity index (χ1n) is 8.08. The van der Waals surface area contributed by atoms with Gasteiger partial charge in [-0.3, -0.25) is 0 Å². The Morgan fingerprint density at radius 2 is 1.53 bits per heavy atom.